The number of amides is 1. The zero-order valence-electron chi connectivity index (χ0n) is 16.3. The Morgan fingerprint density at radius 2 is 1.69 bits per heavy atom. The van der Waals surface area contributed by atoms with Gasteiger partial charge in [-0.2, -0.15) is 5.10 Å². The molecule has 2 heterocycles. The van der Waals surface area contributed by atoms with Crippen LogP contribution < -0.4 is 10.1 Å². The van der Waals surface area contributed by atoms with Gasteiger partial charge in [-0.15, -0.1) is 0 Å². The van der Waals surface area contributed by atoms with Crippen LogP contribution in [0.3, 0.4) is 0 Å². The molecule has 0 aliphatic rings. The molecule has 6 heteroatoms. The van der Waals surface area contributed by atoms with Gasteiger partial charge in [-0.25, -0.2) is 4.68 Å². The third kappa shape index (κ3) is 4.06. The Bertz CT molecular complexity index is 1110. The fraction of sp³-hybridized carbons (Fsp3) is 0.130. The average Bonchev–Trinajstić information content (AvgIpc) is 3.34. The number of ether oxygens (including phenoxy) is 1. The number of carbonyl (C=O) groups excluding carboxylic acids is 1. The highest BCUT2D eigenvalue weighted by molar-refractivity contribution is 6.03. The van der Waals surface area contributed by atoms with Crippen molar-refractivity contribution >= 4 is 11.6 Å². The van der Waals surface area contributed by atoms with Crippen molar-refractivity contribution in [2.24, 2.45) is 0 Å². The van der Waals surface area contributed by atoms with Crippen LogP contribution in [0.15, 0.2) is 77.2 Å². The smallest absolute Gasteiger partial charge is 0.291 e. The molecule has 0 radical (unpaired) electrons. The maximum absolute atomic E-state index is 12.7. The van der Waals surface area contributed by atoms with Gasteiger partial charge in [0.25, 0.3) is 5.91 Å². The summed E-state index contributed by atoms with van der Waals surface area (Å²) < 4.78 is 13.1. The first kappa shape index (κ1) is 18.6. The SMILES string of the molecule is Cc1nn(-c2ccccc2)c(C)c1NC(=O)c1ccc(COc2ccccc2)o1. The zero-order valence-corrected chi connectivity index (χ0v) is 16.3. The Morgan fingerprint density at radius 3 is 2.41 bits per heavy atom. The summed E-state index contributed by atoms with van der Waals surface area (Å²) in [5.74, 6) is 1.22. The van der Waals surface area contributed by atoms with E-state index in [1.54, 1.807) is 12.1 Å². The van der Waals surface area contributed by atoms with E-state index >= 15 is 0 Å². The summed E-state index contributed by atoms with van der Waals surface area (Å²) in [6.07, 6.45) is 0. The first-order valence-electron chi connectivity index (χ1n) is 9.31. The van der Waals surface area contributed by atoms with E-state index in [1.807, 2.05) is 79.2 Å². The number of carbonyl (C=O) groups is 1. The lowest BCUT2D eigenvalue weighted by Crippen LogP contribution is -2.12. The monoisotopic (exact) mass is 387 g/mol. The number of nitrogens with zero attached hydrogens (tertiary/aromatic N) is 2. The van der Waals surface area contributed by atoms with Gasteiger partial charge in [0, 0.05) is 0 Å². The summed E-state index contributed by atoms with van der Waals surface area (Å²) >= 11 is 0. The highest BCUT2D eigenvalue weighted by Crippen LogP contribution is 2.24. The highest BCUT2D eigenvalue weighted by atomic mass is 16.5. The predicted molar refractivity (Wildman–Crippen MR) is 110 cm³/mol. The van der Waals surface area contributed by atoms with Crippen molar-refractivity contribution in [3.63, 3.8) is 0 Å². The Morgan fingerprint density at radius 1 is 1.00 bits per heavy atom. The molecule has 0 spiro atoms. The van der Waals surface area contributed by atoms with Gasteiger partial charge in [0.2, 0.25) is 0 Å². The van der Waals surface area contributed by atoms with E-state index in [0.29, 0.717) is 11.4 Å². The van der Waals surface area contributed by atoms with Crippen LogP contribution in [0.25, 0.3) is 5.69 Å². The number of anilines is 1. The van der Waals surface area contributed by atoms with E-state index in [1.165, 1.54) is 0 Å². The van der Waals surface area contributed by atoms with E-state index in [2.05, 4.69) is 10.4 Å². The number of aryl methyl sites for hydroxylation is 1. The molecule has 1 N–H and O–H groups in total. The first-order valence-corrected chi connectivity index (χ1v) is 9.31. The van der Waals surface area contributed by atoms with Crippen LogP contribution in [-0.2, 0) is 6.61 Å². The molecule has 0 aliphatic carbocycles. The molecular weight excluding hydrogens is 366 g/mol. The maximum atomic E-state index is 12.7. The third-order valence-corrected chi connectivity index (χ3v) is 4.54. The van der Waals surface area contributed by atoms with E-state index in [9.17, 15) is 4.79 Å². The van der Waals surface area contributed by atoms with E-state index in [4.69, 9.17) is 9.15 Å². The number of aromatic nitrogens is 2. The highest BCUT2D eigenvalue weighted by Gasteiger charge is 2.18. The molecule has 0 atom stereocenters. The van der Waals surface area contributed by atoms with Crippen LogP contribution in [0, 0.1) is 13.8 Å². The van der Waals surface area contributed by atoms with Crippen LogP contribution in [0.5, 0.6) is 5.75 Å². The zero-order chi connectivity index (χ0) is 20.2. The second-order valence-electron chi connectivity index (χ2n) is 6.61. The number of para-hydroxylation sites is 2. The molecule has 6 nitrogen and oxygen atoms in total. The molecule has 0 bridgehead atoms. The number of furan rings is 1. The van der Waals surface area contributed by atoms with Crippen molar-refractivity contribution in [3.8, 4) is 11.4 Å². The fourth-order valence-electron chi connectivity index (χ4n) is 3.07. The Hall–Kier alpha value is -3.80. The van der Waals surface area contributed by atoms with Crippen molar-refractivity contribution in [3.05, 3.63) is 95.7 Å². The van der Waals surface area contributed by atoms with Gasteiger partial charge in [-0.05, 0) is 50.2 Å². The molecule has 0 fully saturated rings. The number of benzene rings is 2. The van der Waals surface area contributed by atoms with Gasteiger partial charge in [0.1, 0.15) is 18.1 Å². The van der Waals surface area contributed by atoms with E-state index in [0.717, 1.165) is 22.8 Å². The molecule has 0 aliphatic heterocycles. The predicted octanol–water partition coefficient (Wildman–Crippen LogP) is 4.91. The minimum absolute atomic E-state index is 0.225. The van der Waals surface area contributed by atoms with E-state index < -0.39 is 0 Å². The topological polar surface area (TPSA) is 69.3 Å². The second-order valence-corrected chi connectivity index (χ2v) is 6.61. The number of nitrogens with one attached hydrogen (secondary N) is 1. The van der Waals surface area contributed by atoms with Crippen LogP contribution in [0.4, 0.5) is 5.69 Å². The summed E-state index contributed by atoms with van der Waals surface area (Å²) in [5, 5.41) is 7.46. The minimum atomic E-state index is -0.324. The van der Waals surface area contributed by atoms with Gasteiger partial charge in [0.15, 0.2) is 5.76 Å². The standard InChI is InChI=1S/C23H21N3O3/c1-16-22(17(2)26(25-16)18-9-5-3-6-10-18)24-23(27)21-14-13-20(29-21)15-28-19-11-7-4-8-12-19/h3-14H,15H2,1-2H3,(H,24,27). The first-order chi connectivity index (χ1) is 14.1. The lowest BCUT2D eigenvalue weighted by molar-refractivity contribution is 0.0992. The molecular formula is C23H21N3O3. The van der Waals surface area contributed by atoms with Gasteiger partial charge < -0.3 is 14.5 Å². The molecule has 4 rings (SSSR count). The van der Waals surface area contributed by atoms with Crippen molar-refractivity contribution < 1.29 is 13.9 Å². The van der Waals surface area contributed by atoms with Gasteiger partial charge >= 0.3 is 0 Å². The molecule has 0 saturated heterocycles. The van der Waals surface area contributed by atoms with Crippen molar-refractivity contribution in [1.29, 1.82) is 0 Å². The third-order valence-electron chi connectivity index (χ3n) is 4.54. The lowest BCUT2D eigenvalue weighted by Gasteiger charge is -2.06. The molecule has 146 valence electrons. The summed E-state index contributed by atoms with van der Waals surface area (Å²) in [7, 11) is 0. The number of rotatable bonds is 6. The van der Waals surface area contributed by atoms with Crippen LogP contribution >= 0.6 is 0 Å². The molecule has 0 saturated carbocycles. The quantitative estimate of drug-likeness (QED) is 0.510. The van der Waals surface area contributed by atoms with Gasteiger partial charge in [0.05, 0.1) is 22.8 Å². The molecule has 2 aromatic carbocycles. The Balaban J connectivity index is 1.46. The molecule has 4 aromatic rings. The van der Waals surface area contributed by atoms with Crippen molar-refractivity contribution in [2.45, 2.75) is 20.5 Å². The summed E-state index contributed by atoms with van der Waals surface area (Å²) in [6, 6.07) is 22.6. The van der Waals surface area contributed by atoms with Crippen LogP contribution in [-0.4, -0.2) is 15.7 Å². The fourth-order valence-corrected chi connectivity index (χ4v) is 3.07. The minimum Gasteiger partial charge on any atom is -0.486 e. The van der Waals surface area contributed by atoms with Gasteiger partial charge in [-0.3, -0.25) is 4.79 Å². The summed E-state index contributed by atoms with van der Waals surface area (Å²) in [4.78, 5) is 12.7. The van der Waals surface area contributed by atoms with Crippen LogP contribution in [0.1, 0.15) is 27.7 Å². The second kappa shape index (κ2) is 8.06. The van der Waals surface area contributed by atoms with E-state index in [-0.39, 0.29) is 18.3 Å². The Labute approximate surface area is 168 Å². The van der Waals surface area contributed by atoms with Crippen LogP contribution in [0.2, 0.25) is 0 Å². The number of hydrogen-bond donors (Lipinski definition) is 1. The summed E-state index contributed by atoms with van der Waals surface area (Å²) in [6.45, 7) is 4.04. The van der Waals surface area contributed by atoms with Gasteiger partial charge in [-0.1, -0.05) is 36.4 Å². The normalized spacial score (nSPS) is 10.7. The summed E-state index contributed by atoms with van der Waals surface area (Å²) in [5.41, 5.74) is 3.20. The van der Waals surface area contributed by atoms with Crippen molar-refractivity contribution in [1.82, 2.24) is 9.78 Å². The molecule has 0 unspecified atom stereocenters. The molecule has 2 aromatic heterocycles. The average molecular weight is 387 g/mol. The largest absolute Gasteiger partial charge is 0.486 e. The Kier molecular flexibility index (Phi) is 5.16. The molecule has 1 amide bonds. The van der Waals surface area contributed by atoms with Crippen molar-refractivity contribution in [2.75, 3.05) is 5.32 Å². The molecule has 29 heavy (non-hydrogen) atoms. The maximum Gasteiger partial charge on any atom is 0.291 e. The lowest BCUT2D eigenvalue weighted by atomic mass is 10.3. The number of hydrogen-bond acceptors (Lipinski definition) is 4.